The second-order valence-corrected chi connectivity index (χ2v) is 5.27. The minimum absolute atomic E-state index is 0. The number of rotatable bonds is 4. The minimum atomic E-state index is -0.294. The van der Waals surface area contributed by atoms with E-state index in [1.807, 2.05) is 6.07 Å². The van der Waals surface area contributed by atoms with Gasteiger partial charge in [-0.05, 0) is 12.1 Å². The lowest BCUT2D eigenvalue weighted by Crippen LogP contribution is -2.30. The molecule has 1 aromatic rings. The molecule has 1 heterocycles. The van der Waals surface area contributed by atoms with Crippen LogP contribution in [0.5, 0.6) is 0 Å². The van der Waals surface area contributed by atoms with Crippen molar-refractivity contribution in [1.29, 1.82) is 0 Å². The van der Waals surface area contributed by atoms with Crippen LogP contribution in [0.4, 0.5) is 4.39 Å². The second-order valence-electron chi connectivity index (χ2n) is 4.35. The van der Waals surface area contributed by atoms with Crippen LogP contribution in [-0.2, 0) is 6.54 Å². The summed E-state index contributed by atoms with van der Waals surface area (Å²) in [4.78, 5) is 0. The molecule has 1 aliphatic heterocycles. The first-order valence-corrected chi connectivity index (χ1v) is 6.49. The van der Waals surface area contributed by atoms with E-state index in [0.29, 0.717) is 25.2 Å². The zero-order valence-corrected chi connectivity index (χ0v) is 12.2. The highest BCUT2D eigenvalue weighted by Gasteiger charge is 2.24. The molecule has 0 amide bonds. The van der Waals surface area contributed by atoms with Crippen molar-refractivity contribution in [2.45, 2.75) is 12.6 Å². The van der Waals surface area contributed by atoms with E-state index in [-0.39, 0.29) is 30.2 Å². The Kier molecular flexibility index (Phi) is 6.52. The van der Waals surface area contributed by atoms with Crippen LogP contribution in [0, 0.1) is 11.7 Å². The molecular formula is C12H17BrClFN2O. The van der Waals surface area contributed by atoms with Gasteiger partial charge < -0.3 is 15.7 Å². The fourth-order valence-electron chi connectivity index (χ4n) is 1.98. The van der Waals surface area contributed by atoms with Gasteiger partial charge in [0, 0.05) is 42.1 Å². The standard InChI is InChI=1S/C12H16BrFN2O.ClH/c13-10-2-1-8(11(14)3-10)4-15-5-9-6-16-7-12(9)17;/h1-3,9,12,15-17H,4-7H2;1H. The van der Waals surface area contributed by atoms with Gasteiger partial charge in [0.05, 0.1) is 6.10 Å². The Morgan fingerprint density at radius 1 is 1.44 bits per heavy atom. The lowest BCUT2D eigenvalue weighted by molar-refractivity contribution is 0.146. The van der Waals surface area contributed by atoms with Crippen LogP contribution in [0.3, 0.4) is 0 Å². The Morgan fingerprint density at radius 2 is 2.22 bits per heavy atom. The maximum absolute atomic E-state index is 13.5. The van der Waals surface area contributed by atoms with Gasteiger partial charge in [0.15, 0.2) is 0 Å². The third kappa shape index (κ3) is 4.17. The van der Waals surface area contributed by atoms with E-state index < -0.39 is 0 Å². The van der Waals surface area contributed by atoms with Gasteiger partial charge in [-0.1, -0.05) is 22.0 Å². The number of benzene rings is 1. The number of halogens is 3. The smallest absolute Gasteiger partial charge is 0.128 e. The van der Waals surface area contributed by atoms with Crippen LogP contribution in [0.25, 0.3) is 0 Å². The number of aliphatic hydroxyl groups is 1. The Morgan fingerprint density at radius 3 is 2.83 bits per heavy atom. The van der Waals surface area contributed by atoms with Crippen molar-refractivity contribution < 1.29 is 9.50 Å². The summed E-state index contributed by atoms with van der Waals surface area (Å²) in [7, 11) is 0. The Bertz CT molecular complexity index is 394. The summed E-state index contributed by atoms with van der Waals surface area (Å²) in [5, 5.41) is 15.9. The molecule has 0 aliphatic carbocycles. The predicted molar refractivity (Wildman–Crippen MR) is 75.4 cm³/mol. The second kappa shape index (κ2) is 7.40. The predicted octanol–water partition coefficient (Wildman–Crippen LogP) is 1.68. The third-order valence-corrected chi connectivity index (χ3v) is 3.53. The van der Waals surface area contributed by atoms with Crippen LogP contribution >= 0.6 is 28.3 Å². The highest BCUT2D eigenvalue weighted by molar-refractivity contribution is 9.10. The summed E-state index contributed by atoms with van der Waals surface area (Å²) >= 11 is 3.22. The van der Waals surface area contributed by atoms with Gasteiger partial charge in [0.2, 0.25) is 0 Å². The number of hydrogen-bond acceptors (Lipinski definition) is 3. The molecule has 6 heteroatoms. The molecule has 0 radical (unpaired) electrons. The molecule has 2 unspecified atom stereocenters. The van der Waals surface area contributed by atoms with Gasteiger partial charge in [-0.25, -0.2) is 4.39 Å². The Hall–Kier alpha value is -0.200. The largest absolute Gasteiger partial charge is 0.391 e. The normalized spacial score (nSPS) is 22.8. The zero-order valence-electron chi connectivity index (χ0n) is 9.83. The molecule has 1 saturated heterocycles. The molecule has 18 heavy (non-hydrogen) atoms. The van der Waals surface area contributed by atoms with E-state index in [1.54, 1.807) is 6.07 Å². The number of aliphatic hydroxyl groups excluding tert-OH is 1. The van der Waals surface area contributed by atoms with Gasteiger partial charge in [-0.15, -0.1) is 12.4 Å². The molecule has 1 aromatic carbocycles. The van der Waals surface area contributed by atoms with Crippen LogP contribution in [0.15, 0.2) is 22.7 Å². The van der Waals surface area contributed by atoms with Crippen molar-refractivity contribution in [3.8, 4) is 0 Å². The van der Waals surface area contributed by atoms with Gasteiger partial charge in [-0.2, -0.15) is 0 Å². The molecule has 3 N–H and O–H groups in total. The first-order chi connectivity index (χ1) is 8.16. The summed E-state index contributed by atoms with van der Waals surface area (Å²) in [6.07, 6.45) is -0.294. The maximum Gasteiger partial charge on any atom is 0.128 e. The van der Waals surface area contributed by atoms with Gasteiger partial charge in [0.1, 0.15) is 5.82 Å². The summed E-state index contributed by atoms with van der Waals surface area (Å²) in [6, 6.07) is 5.05. The highest BCUT2D eigenvalue weighted by Crippen LogP contribution is 2.15. The van der Waals surface area contributed by atoms with Crippen molar-refractivity contribution in [3.63, 3.8) is 0 Å². The van der Waals surface area contributed by atoms with Crippen molar-refractivity contribution in [2.75, 3.05) is 19.6 Å². The highest BCUT2D eigenvalue weighted by atomic mass is 79.9. The lowest BCUT2D eigenvalue weighted by Gasteiger charge is -2.14. The molecule has 1 aliphatic rings. The Labute approximate surface area is 121 Å². The quantitative estimate of drug-likeness (QED) is 0.782. The van der Waals surface area contributed by atoms with Gasteiger partial charge in [0.25, 0.3) is 0 Å². The average Bonchev–Trinajstić information content (AvgIpc) is 2.68. The SMILES string of the molecule is Cl.OC1CNCC1CNCc1ccc(Br)cc1F. The molecule has 0 aromatic heterocycles. The van der Waals surface area contributed by atoms with Crippen LogP contribution in [0.2, 0.25) is 0 Å². The monoisotopic (exact) mass is 338 g/mol. The van der Waals surface area contributed by atoms with Gasteiger partial charge >= 0.3 is 0 Å². The third-order valence-electron chi connectivity index (χ3n) is 3.04. The topological polar surface area (TPSA) is 44.3 Å². The summed E-state index contributed by atoms with van der Waals surface area (Å²) in [5.41, 5.74) is 0.647. The van der Waals surface area contributed by atoms with E-state index in [9.17, 15) is 9.50 Å². The van der Waals surface area contributed by atoms with Crippen molar-refractivity contribution >= 4 is 28.3 Å². The molecule has 102 valence electrons. The van der Waals surface area contributed by atoms with E-state index in [4.69, 9.17) is 0 Å². The zero-order chi connectivity index (χ0) is 12.3. The molecule has 1 fully saturated rings. The summed E-state index contributed by atoms with van der Waals surface area (Å²) < 4.78 is 14.2. The number of hydrogen-bond donors (Lipinski definition) is 3. The van der Waals surface area contributed by atoms with E-state index in [1.165, 1.54) is 6.07 Å². The molecule has 2 rings (SSSR count). The van der Waals surface area contributed by atoms with E-state index in [0.717, 1.165) is 11.0 Å². The number of nitrogens with one attached hydrogen (secondary N) is 2. The maximum atomic E-state index is 13.5. The molecule has 0 bridgehead atoms. The van der Waals surface area contributed by atoms with Crippen LogP contribution in [-0.4, -0.2) is 30.8 Å². The fourth-order valence-corrected chi connectivity index (χ4v) is 2.32. The minimum Gasteiger partial charge on any atom is -0.391 e. The first-order valence-electron chi connectivity index (χ1n) is 5.70. The average molecular weight is 340 g/mol. The molecule has 2 atom stereocenters. The van der Waals surface area contributed by atoms with Crippen molar-refractivity contribution in [1.82, 2.24) is 10.6 Å². The number of β-amino-alcohol motifs (C(OH)–C–C–N with tert-alkyl or cyclic N) is 1. The summed E-state index contributed by atoms with van der Waals surface area (Å²) in [6.45, 7) is 2.65. The lowest BCUT2D eigenvalue weighted by atomic mass is 10.1. The van der Waals surface area contributed by atoms with E-state index >= 15 is 0 Å². The fraction of sp³-hybridized carbons (Fsp3) is 0.500. The molecule has 0 saturated carbocycles. The van der Waals surface area contributed by atoms with Crippen LogP contribution in [0.1, 0.15) is 5.56 Å². The van der Waals surface area contributed by atoms with E-state index in [2.05, 4.69) is 26.6 Å². The first kappa shape index (κ1) is 15.9. The molecule has 3 nitrogen and oxygen atoms in total. The molecule has 0 spiro atoms. The van der Waals surface area contributed by atoms with Crippen molar-refractivity contribution in [3.05, 3.63) is 34.1 Å². The van der Waals surface area contributed by atoms with Gasteiger partial charge in [-0.3, -0.25) is 0 Å². The summed E-state index contributed by atoms with van der Waals surface area (Å²) in [5.74, 6) is 0.00507. The Balaban J connectivity index is 0.00000162. The molecular weight excluding hydrogens is 322 g/mol. The van der Waals surface area contributed by atoms with Crippen LogP contribution < -0.4 is 10.6 Å². The van der Waals surface area contributed by atoms with Crippen molar-refractivity contribution in [2.24, 2.45) is 5.92 Å².